The molecule has 110 valence electrons. The molecule has 0 amide bonds. The van der Waals surface area contributed by atoms with E-state index in [1.54, 1.807) is 24.3 Å². The van der Waals surface area contributed by atoms with Crippen molar-refractivity contribution in [3.63, 3.8) is 0 Å². The molecule has 0 fully saturated rings. The van der Waals surface area contributed by atoms with E-state index in [1.165, 1.54) is 0 Å². The molecule has 1 heterocycles. The molecular formula is C15H18N4O2. The van der Waals surface area contributed by atoms with E-state index < -0.39 is 5.97 Å². The topological polar surface area (TPSA) is 87.1 Å². The van der Waals surface area contributed by atoms with Gasteiger partial charge in [0, 0.05) is 23.5 Å². The lowest BCUT2D eigenvalue weighted by atomic mass is 10.2. The zero-order chi connectivity index (χ0) is 15.4. The minimum atomic E-state index is -0.942. The van der Waals surface area contributed by atoms with Crippen molar-refractivity contribution in [2.75, 3.05) is 10.6 Å². The second-order valence-corrected chi connectivity index (χ2v) is 5.02. The number of anilines is 3. The highest BCUT2D eigenvalue weighted by atomic mass is 16.4. The fourth-order valence-corrected chi connectivity index (χ4v) is 1.80. The van der Waals surface area contributed by atoms with Gasteiger partial charge in [0.15, 0.2) is 0 Å². The van der Waals surface area contributed by atoms with Gasteiger partial charge in [0.05, 0.1) is 5.56 Å². The molecular weight excluding hydrogens is 268 g/mol. The number of aromatic nitrogens is 2. The highest BCUT2D eigenvalue weighted by Gasteiger charge is 2.05. The largest absolute Gasteiger partial charge is 0.478 e. The number of benzene rings is 1. The fraction of sp³-hybridized carbons (Fsp3) is 0.267. The molecule has 21 heavy (non-hydrogen) atoms. The van der Waals surface area contributed by atoms with Gasteiger partial charge in [-0.25, -0.2) is 9.78 Å². The number of hydrogen-bond donors (Lipinski definition) is 3. The van der Waals surface area contributed by atoms with Crippen molar-refractivity contribution >= 4 is 23.4 Å². The van der Waals surface area contributed by atoms with Gasteiger partial charge in [0.25, 0.3) is 0 Å². The van der Waals surface area contributed by atoms with Crippen LogP contribution in [0.2, 0.25) is 0 Å². The summed E-state index contributed by atoms with van der Waals surface area (Å²) in [5.41, 5.74) is 1.87. The highest BCUT2D eigenvalue weighted by molar-refractivity contribution is 5.88. The Labute approximate surface area is 123 Å². The van der Waals surface area contributed by atoms with Gasteiger partial charge in [-0.3, -0.25) is 0 Å². The number of nitrogens with zero attached hydrogens (tertiary/aromatic N) is 2. The minimum absolute atomic E-state index is 0.245. The van der Waals surface area contributed by atoms with Gasteiger partial charge < -0.3 is 15.7 Å². The first-order valence-corrected chi connectivity index (χ1v) is 6.66. The predicted octanol–water partition coefficient (Wildman–Crippen LogP) is 3.05. The zero-order valence-electron chi connectivity index (χ0n) is 12.2. The van der Waals surface area contributed by atoms with Crippen molar-refractivity contribution in [3.8, 4) is 0 Å². The van der Waals surface area contributed by atoms with Gasteiger partial charge in [-0.15, -0.1) is 0 Å². The van der Waals surface area contributed by atoms with Gasteiger partial charge >= 0.3 is 5.97 Å². The Hall–Kier alpha value is -2.63. The van der Waals surface area contributed by atoms with E-state index in [2.05, 4.69) is 20.6 Å². The monoisotopic (exact) mass is 286 g/mol. The normalized spacial score (nSPS) is 10.5. The third-order valence-corrected chi connectivity index (χ3v) is 2.68. The Morgan fingerprint density at radius 1 is 1.19 bits per heavy atom. The Bertz CT molecular complexity index is 639. The van der Waals surface area contributed by atoms with Crippen molar-refractivity contribution in [3.05, 3.63) is 41.6 Å². The molecule has 0 atom stereocenters. The fourth-order valence-electron chi connectivity index (χ4n) is 1.80. The number of nitrogens with one attached hydrogen (secondary N) is 2. The molecule has 6 nitrogen and oxygen atoms in total. The summed E-state index contributed by atoms with van der Waals surface area (Å²) in [5, 5.41) is 15.2. The predicted molar refractivity (Wildman–Crippen MR) is 82.2 cm³/mol. The number of aryl methyl sites for hydroxylation is 1. The first-order chi connectivity index (χ1) is 9.94. The standard InChI is InChI=1S/C15H18N4O2/c1-9(2)16-15-17-10(3)8-13(19-15)18-12-6-4-11(5-7-12)14(20)21/h4-9H,1-3H3,(H,20,21)(H2,16,17,18,19). The smallest absolute Gasteiger partial charge is 0.335 e. The summed E-state index contributed by atoms with van der Waals surface area (Å²) in [7, 11) is 0. The highest BCUT2D eigenvalue weighted by Crippen LogP contribution is 2.17. The molecule has 0 bridgehead atoms. The lowest BCUT2D eigenvalue weighted by molar-refractivity contribution is 0.0697. The van der Waals surface area contributed by atoms with Crippen LogP contribution in [0, 0.1) is 6.92 Å². The second kappa shape index (κ2) is 6.21. The molecule has 1 aromatic carbocycles. The number of carboxylic acids is 1. The number of hydrogen-bond acceptors (Lipinski definition) is 5. The summed E-state index contributed by atoms with van der Waals surface area (Å²) in [4.78, 5) is 19.5. The molecule has 2 rings (SSSR count). The van der Waals surface area contributed by atoms with Crippen LogP contribution in [-0.2, 0) is 0 Å². The van der Waals surface area contributed by atoms with E-state index in [9.17, 15) is 4.79 Å². The summed E-state index contributed by atoms with van der Waals surface area (Å²) in [6.45, 7) is 5.93. The van der Waals surface area contributed by atoms with Crippen molar-refractivity contribution in [2.45, 2.75) is 26.8 Å². The number of aromatic carboxylic acids is 1. The quantitative estimate of drug-likeness (QED) is 0.783. The average Bonchev–Trinajstić information content (AvgIpc) is 2.37. The molecule has 0 aliphatic rings. The Balaban J connectivity index is 2.18. The second-order valence-electron chi connectivity index (χ2n) is 5.02. The molecule has 1 aromatic heterocycles. The molecule has 0 saturated heterocycles. The molecule has 2 aromatic rings. The molecule has 0 aliphatic carbocycles. The van der Waals surface area contributed by atoms with Crippen LogP contribution in [0.1, 0.15) is 29.9 Å². The van der Waals surface area contributed by atoms with Crippen molar-refractivity contribution < 1.29 is 9.90 Å². The third kappa shape index (κ3) is 4.17. The van der Waals surface area contributed by atoms with Gasteiger partial charge in [0.2, 0.25) is 5.95 Å². The van der Waals surface area contributed by atoms with E-state index in [4.69, 9.17) is 5.11 Å². The maximum atomic E-state index is 10.8. The molecule has 0 saturated carbocycles. The Morgan fingerprint density at radius 2 is 1.86 bits per heavy atom. The van der Waals surface area contributed by atoms with Crippen LogP contribution in [0.3, 0.4) is 0 Å². The van der Waals surface area contributed by atoms with E-state index in [0.29, 0.717) is 11.8 Å². The minimum Gasteiger partial charge on any atom is -0.478 e. The van der Waals surface area contributed by atoms with E-state index >= 15 is 0 Å². The average molecular weight is 286 g/mol. The van der Waals surface area contributed by atoms with Gasteiger partial charge in [-0.2, -0.15) is 4.98 Å². The first kappa shape index (κ1) is 14.8. The Kier molecular flexibility index (Phi) is 4.37. The van der Waals surface area contributed by atoms with Crippen LogP contribution in [0.25, 0.3) is 0 Å². The summed E-state index contributed by atoms with van der Waals surface area (Å²) in [6, 6.07) is 8.58. The van der Waals surface area contributed by atoms with Crippen molar-refractivity contribution in [1.29, 1.82) is 0 Å². The SMILES string of the molecule is Cc1cc(Nc2ccc(C(=O)O)cc2)nc(NC(C)C)n1. The van der Waals surface area contributed by atoms with Crippen LogP contribution in [0.5, 0.6) is 0 Å². The van der Waals surface area contributed by atoms with E-state index in [0.717, 1.165) is 11.4 Å². The lowest BCUT2D eigenvalue weighted by Gasteiger charge is -2.11. The van der Waals surface area contributed by atoms with Crippen LogP contribution in [0.15, 0.2) is 30.3 Å². The zero-order valence-corrected chi connectivity index (χ0v) is 12.2. The van der Waals surface area contributed by atoms with Crippen molar-refractivity contribution in [2.24, 2.45) is 0 Å². The maximum absolute atomic E-state index is 10.8. The Morgan fingerprint density at radius 3 is 2.43 bits per heavy atom. The molecule has 3 N–H and O–H groups in total. The van der Waals surface area contributed by atoms with Crippen LogP contribution in [0.4, 0.5) is 17.5 Å². The van der Waals surface area contributed by atoms with Crippen LogP contribution in [-0.4, -0.2) is 27.1 Å². The lowest BCUT2D eigenvalue weighted by Crippen LogP contribution is -2.13. The molecule has 6 heteroatoms. The summed E-state index contributed by atoms with van der Waals surface area (Å²) < 4.78 is 0. The van der Waals surface area contributed by atoms with Gasteiger partial charge in [-0.1, -0.05) is 0 Å². The van der Waals surface area contributed by atoms with E-state index in [1.807, 2.05) is 26.8 Å². The molecule has 0 aliphatic heterocycles. The molecule has 0 radical (unpaired) electrons. The van der Waals surface area contributed by atoms with Crippen molar-refractivity contribution in [1.82, 2.24) is 9.97 Å². The molecule has 0 unspecified atom stereocenters. The third-order valence-electron chi connectivity index (χ3n) is 2.68. The summed E-state index contributed by atoms with van der Waals surface area (Å²) in [6.07, 6.45) is 0. The number of carbonyl (C=O) groups is 1. The summed E-state index contributed by atoms with van der Waals surface area (Å²) in [5.74, 6) is 0.284. The first-order valence-electron chi connectivity index (χ1n) is 6.66. The summed E-state index contributed by atoms with van der Waals surface area (Å²) >= 11 is 0. The molecule has 0 spiro atoms. The number of carboxylic acid groups (broad SMARTS) is 1. The maximum Gasteiger partial charge on any atom is 0.335 e. The van der Waals surface area contributed by atoms with Crippen LogP contribution >= 0.6 is 0 Å². The van der Waals surface area contributed by atoms with E-state index in [-0.39, 0.29) is 11.6 Å². The van der Waals surface area contributed by atoms with Crippen LogP contribution < -0.4 is 10.6 Å². The number of rotatable bonds is 5. The van der Waals surface area contributed by atoms with Gasteiger partial charge in [0.1, 0.15) is 5.82 Å². The van der Waals surface area contributed by atoms with Gasteiger partial charge in [-0.05, 0) is 45.0 Å².